The summed E-state index contributed by atoms with van der Waals surface area (Å²) in [4.78, 5) is 14.5. The second-order valence-electron chi connectivity index (χ2n) is 3.44. The van der Waals surface area contributed by atoms with Crippen LogP contribution in [-0.4, -0.2) is 16.0 Å². The minimum absolute atomic E-state index is 0.523. The van der Waals surface area contributed by atoms with E-state index in [0.29, 0.717) is 12.0 Å². The van der Waals surface area contributed by atoms with Crippen LogP contribution >= 0.6 is 0 Å². The van der Waals surface area contributed by atoms with Gasteiger partial charge in [-0.1, -0.05) is 0 Å². The zero-order valence-electron chi connectivity index (χ0n) is 8.71. The molecule has 0 radical (unpaired) electrons. The number of carbonyl (C=O) groups is 1. The molecule has 1 unspecified atom stereocenters. The van der Waals surface area contributed by atoms with Crippen molar-refractivity contribution in [3.05, 3.63) is 30.2 Å². The lowest BCUT2D eigenvalue weighted by Crippen LogP contribution is -2.18. The quantitative estimate of drug-likeness (QED) is 0.771. The molecule has 0 aliphatic heterocycles. The predicted molar refractivity (Wildman–Crippen MR) is 58.3 cm³/mol. The summed E-state index contributed by atoms with van der Waals surface area (Å²) < 4.78 is 1.91. The van der Waals surface area contributed by atoms with Gasteiger partial charge in [-0.3, -0.25) is 9.78 Å². The molecule has 1 atom stereocenters. The number of hydrogen-bond acceptors (Lipinski definition) is 3. The van der Waals surface area contributed by atoms with Crippen LogP contribution in [-0.2, 0) is 11.8 Å². The van der Waals surface area contributed by atoms with Crippen molar-refractivity contribution in [2.75, 3.05) is 0 Å². The molecule has 0 aromatic carbocycles. The first kappa shape index (κ1) is 10.2. The summed E-state index contributed by atoms with van der Waals surface area (Å²) in [5.74, 6) is 0. The van der Waals surface area contributed by atoms with Crippen LogP contribution in [0.25, 0.3) is 10.9 Å². The summed E-state index contributed by atoms with van der Waals surface area (Å²) in [5.41, 5.74) is 1.62. The minimum Gasteiger partial charge on any atom is -0.350 e. The van der Waals surface area contributed by atoms with Gasteiger partial charge in [-0.05, 0) is 6.07 Å². The molecule has 0 saturated heterocycles. The lowest BCUT2D eigenvalue weighted by atomic mass is 10.1. The van der Waals surface area contributed by atoms with E-state index in [4.69, 9.17) is 5.26 Å². The Morgan fingerprint density at radius 1 is 1.62 bits per heavy atom. The van der Waals surface area contributed by atoms with Gasteiger partial charge >= 0.3 is 0 Å². The molecule has 0 bridgehead atoms. The summed E-state index contributed by atoms with van der Waals surface area (Å²) in [6.45, 7) is 0. The molecule has 0 spiro atoms. The maximum atomic E-state index is 10.4. The molecule has 1 N–H and O–H groups in total. The number of pyridine rings is 1. The number of nitrogens with one attached hydrogen (secondary N) is 1. The van der Waals surface area contributed by atoms with Gasteiger partial charge in [0.1, 0.15) is 6.04 Å². The lowest BCUT2D eigenvalue weighted by Gasteiger charge is -2.10. The Labute approximate surface area is 92.3 Å². The zero-order valence-corrected chi connectivity index (χ0v) is 8.71. The van der Waals surface area contributed by atoms with Gasteiger partial charge in [0.05, 0.1) is 11.6 Å². The van der Waals surface area contributed by atoms with E-state index in [-0.39, 0.29) is 0 Å². The summed E-state index contributed by atoms with van der Waals surface area (Å²) in [6.07, 6.45) is 5.75. The van der Waals surface area contributed by atoms with Gasteiger partial charge in [0.2, 0.25) is 6.41 Å². The molecule has 2 heterocycles. The van der Waals surface area contributed by atoms with Crippen LogP contribution in [0.15, 0.2) is 24.7 Å². The van der Waals surface area contributed by atoms with Crippen molar-refractivity contribution in [3.8, 4) is 6.07 Å². The van der Waals surface area contributed by atoms with E-state index < -0.39 is 6.04 Å². The maximum Gasteiger partial charge on any atom is 0.208 e. The van der Waals surface area contributed by atoms with Gasteiger partial charge in [0.15, 0.2) is 0 Å². The molecule has 2 aromatic heterocycles. The third-order valence-electron chi connectivity index (χ3n) is 2.48. The van der Waals surface area contributed by atoms with Crippen molar-refractivity contribution in [2.24, 2.45) is 7.05 Å². The Morgan fingerprint density at radius 2 is 2.44 bits per heavy atom. The number of aryl methyl sites for hydroxylation is 1. The third-order valence-corrected chi connectivity index (χ3v) is 2.48. The Kier molecular flexibility index (Phi) is 2.56. The summed E-state index contributed by atoms with van der Waals surface area (Å²) >= 11 is 0. The van der Waals surface area contributed by atoms with Crippen LogP contribution in [0.4, 0.5) is 0 Å². The van der Waals surface area contributed by atoms with Crippen LogP contribution in [0.2, 0.25) is 0 Å². The van der Waals surface area contributed by atoms with Crippen LogP contribution in [0.3, 0.4) is 0 Å². The summed E-state index contributed by atoms with van der Waals surface area (Å²) in [7, 11) is 1.89. The third kappa shape index (κ3) is 1.50. The molecule has 5 nitrogen and oxygen atoms in total. The highest BCUT2D eigenvalue weighted by Crippen LogP contribution is 2.22. The topological polar surface area (TPSA) is 70.7 Å². The van der Waals surface area contributed by atoms with E-state index in [1.807, 2.05) is 29.9 Å². The number of nitriles is 1. The molecule has 1 amide bonds. The molecule has 80 valence electrons. The summed E-state index contributed by atoms with van der Waals surface area (Å²) in [6, 6.07) is 3.29. The highest BCUT2D eigenvalue weighted by Gasteiger charge is 2.14. The highest BCUT2D eigenvalue weighted by molar-refractivity contribution is 5.83. The first-order chi connectivity index (χ1) is 7.77. The smallest absolute Gasteiger partial charge is 0.208 e. The van der Waals surface area contributed by atoms with E-state index in [1.54, 1.807) is 12.4 Å². The van der Waals surface area contributed by atoms with Gasteiger partial charge in [0, 0.05) is 36.6 Å². The number of hydrogen-bond donors (Lipinski definition) is 1. The van der Waals surface area contributed by atoms with E-state index in [9.17, 15) is 4.79 Å². The van der Waals surface area contributed by atoms with Crippen molar-refractivity contribution < 1.29 is 4.79 Å². The van der Waals surface area contributed by atoms with Crippen LogP contribution in [0.1, 0.15) is 11.6 Å². The second kappa shape index (κ2) is 4.03. The standard InChI is InChI=1S/C11H10N4O/c1-15-3-2-8-5-13-6-9(11(8)15)10(4-12)14-7-16/h2-3,5-7,10H,1H3,(H,14,16). The lowest BCUT2D eigenvalue weighted by molar-refractivity contribution is -0.109. The fraction of sp³-hybridized carbons (Fsp3) is 0.182. The molecule has 0 fully saturated rings. The molecular weight excluding hydrogens is 204 g/mol. The number of rotatable bonds is 3. The molecular formula is C11H10N4O. The molecule has 0 aliphatic carbocycles. The average molecular weight is 214 g/mol. The van der Waals surface area contributed by atoms with Crippen LogP contribution in [0, 0.1) is 11.3 Å². The van der Waals surface area contributed by atoms with Crippen molar-refractivity contribution in [1.29, 1.82) is 5.26 Å². The fourth-order valence-electron chi connectivity index (χ4n) is 1.76. The molecule has 2 rings (SSSR count). The van der Waals surface area contributed by atoms with Crippen molar-refractivity contribution in [3.63, 3.8) is 0 Å². The molecule has 0 aliphatic rings. The maximum absolute atomic E-state index is 10.4. The minimum atomic E-state index is -0.665. The van der Waals surface area contributed by atoms with Crippen molar-refractivity contribution >= 4 is 17.3 Å². The second-order valence-corrected chi connectivity index (χ2v) is 3.44. The van der Waals surface area contributed by atoms with Gasteiger partial charge in [0.25, 0.3) is 0 Å². The monoisotopic (exact) mass is 214 g/mol. The van der Waals surface area contributed by atoms with Gasteiger partial charge in [-0.2, -0.15) is 5.26 Å². The van der Waals surface area contributed by atoms with E-state index in [1.165, 1.54) is 0 Å². The number of fused-ring (bicyclic) bond motifs is 1. The largest absolute Gasteiger partial charge is 0.350 e. The first-order valence-corrected chi connectivity index (χ1v) is 4.76. The number of amides is 1. The Morgan fingerprint density at radius 3 is 3.12 bits per heavy atom. The number of aromatic nitrogens is 2. The van der Waals surface area contributed by atoms with Crippen LogP contribution < -0.4 is 5.32 Å². The number of carbonyl (C=O) groups excluding carboxylic acids is 1. The average Bonchev–Trinajstić information content (AvgIpc) is 2.68. The SMILES string of the molecule is Cn1ccc2cncc(C(C#N)NC=O)c21. The fourth-order valence-corrected chi connectivity index (χ4v) is 1.76. The van der Waals surface area contributed by atoms with Gasteiger partial charge < -0.3 is 9.88 Å². The van der Waals surface area contributed by atoms with E-state index >= 15 is 0 Å². The highest BCUT2D eigenvalue weighted by atomic mass is 16.1. The number of nitrogens with zero attached hydrogens (tertiary/aromatic N) is 3. The molecule has 0 saturated carbocycles. The van der Waals surface area contributed by atoms with E-state index in [0.717, 1.165) is 10.9 Å². The van der Waals surface area contributed by atoms with Crippen molar-refractivity contribution in [2.45, 2.75) is 6.04 Å². The Bertz CT molecular complexity index is 567. The van der Waals surface area contributed by atoms with E-state index in [2.05, 4.69) is 10.3 Å². The molecule has 5 heteroatoms. The predicted octanol–water partition coefficient (Wildman–Crippen LogP) is 0.884. The zero-order chi connectivity index (χ0) is 11.5. The Balaban J connectivity index is 2.63. The van der Waals surface area contributed by atoms with Gasteiger partial charge in [-0.25, -0.2) is 0 Å². The summed E-state index contributed by atoms with van der Waals surface area (Å²) in [5, 5.41) is 12.4. The Hall–Kier alpha value is -2.35. The normalized spacial score (nSPS) is 12.0. The molecule has 2 aromatic rings. The molecule has 16 heavy (non-hydrogen) atoms. The van der Waals surface area contributed by atoms with Gasteiger partial charge in [-0.15, -0.1) is 0 Å². The van der Waals surface area contributed by atoms with Crippen molar-refractivity contribution in [1.82, 2.24) is 14.9 Å². The van der Waals surface area contributed by atoms with Crippen LogP contribution in [0.5, 0.6) is 0 Å². The first-order valence-electron chi connectivity index (χ1n) is 4.76.